The van der Waals surface area contributed by atoms with Crippen LogP contribution in [0.3, 0.4) is 0 Å². The molecule has 124 valence electrons. The summed E-state index contributed by atoms with van der Waals surface area (Å²) in [6, 6.07) is 14.8. The largest absolute Gasteiger partial charge is 0.491 e. The third-order valence-electron chi connectivity index (χ3n) is 3.08. The molecule has 23 heavy (non-hydrogen) atoms. The Bertz CT molecular complexity index is 584. The average molecular weight is 336 g/mol. The molecule has 5 heteroatoms. The van der Waals surface area contributed by atoms with Crippen molar-refractivity contribution in [2.24, 2.45) is 0 Å². The van der Waals surface area contributed by atoms with Crippen molar-refractivity contribution < 1.29 is 14.6 Å². The number of aliphatic hydroxyl groups excluding tert-OH is 1. The van der Waals surface area contributed by atoms with Gasteiger partial charge in [-0.1, -0.05) is 25.4 Å². The first kappa shape index (κ1) is 17.6. The standard InChI is InChI=1S/C18H22ClNO3/c1-13(2)20-11-15(21)12-22-16-7-9-18(10-8-16)23-17-5-3-14(19)4-6-17/h3-10,13,15,20-21H,11-12H2,1-2H3/t15-/m1/s1. The molecule has 0 spiro atoms. The second-order valence-electron chi connectivity index (χ2n) is 5.56. The molecule has 0 aliphatic heterocycles. The average Bonchev–Trinajstić information content (AvgIpc) is 2.54. The molecule has 0 aromatic heterocycles. The SMILES string of the molecule is CC(C)NC[C@@H](O)COc1ccc(Oc2ccc(Cl)cc2)cc1. The molecular formula is C18H22ClNO3. The second-order valence-corrected chi connectivity index (χ2v) is 5.99. The zero-order valence-corrected chi connectivity index (χ0v) is 14.1. The van der Waals surface area contributed by atoms with E-state index in [-0.39, 0.29) is 6.61 Å². The summed E-state index contributed by atoms with van der Waals surface area (Å²) < 4.78 is 11.3. The molecule has 0 unspecified atom stereocenters. The molecule has 0 amide bonds. The van der Waals surface area contributed by atoms with Gasteiger partial charge < -0.3 is 19.9 Å². The van der Waals surface area contributed by atoms with Gasteiger partial charge >= 0.3 is 0 Å². The predicted molar refractivity (Wildman–Crippen MR) is 92.6 cm³/mol. The maximum atomic E-state index is 9.81. The van der Waals surface area contributed by atoms with E-state index in [2.05, 4.69) is 5.32 Å². The summed E-state index contributed by atoms with van der Waals surface area (Å²) in [5.74, 6) is 2.12. The van der Waals surface area contributed by atoms with E-state index in [4.69, 9.17) is 21.1 Å². The third-order valence-corrected chi connectivity index (χ3v) is 3.33. The number of halogens is 1. The molecule has 0 aliphatic rings. The highest BCUT2D eigenvalue weighted by molar-refractivity contribution is 6.30. The van der Waals surface area contributed by atoms with Crippen LogP contribution in [-0.4, -0.2) is 30.4 Å². The lowest BCUT2D eigenvalue weighted by molar-refractivity contribution is 0.104. The highest BCUT2D eigenvalue weighted by atomic mass is 35.5. The maximum absolute atomic E-state index is 9.81. The Balaban J connectivity index is 1.81. The van der Waals surface area contributed by atoms with Gasteiger partial charge in [-0.25, -0.2) is 0 Å². The van der Waals surface area contributed by atoms with Gasteiger partial charge in [-0.3, -0.25) is 0 Å². The molecule has 0 saturated carbocycles. The Labute approximate surface area is 142 Å². The van der Waals surface area contributed by atoms with Gasteiger partial charge in [0.15, 0.2) is 0 Å². The molecule has 0 aliphatic carbocycles. The number of aliphatic hydroxyl groups is 1. The first-order valence-corrected chi connectivity index (χ1v) is 7.98. The molecular weight excluding hydrogens is 314 g/mol. The number of ether oxygens (including phenoxy) is 2. The highest BCUT2D eigenvalue weighted by Gasteiger charge is 2.06. The van der Waals surface area contributed by atoms with Gasteiger partial charge in [0.2, 0.25) is 0 Å². The topological polar surface area (TPSA) is 50.7 Å². The third kappa shape index (κ3) is 6.48. The van der Waals surface area contributed by atoms with Crippen molar-refractivity contribution in [2.75, 3.05) is 13.2 Å². The molecule has 0 fully saturated rings. The molecule has 0 radical (unpaired) electrons. The van der Waals surface area contributed by atoms with Gasteiger partial charge in [0.25, 0.3) is 0 Å². The fourth-order valence-electron chi connectivity index (χ4n) is 1.87. The lowest BCUT2D eigenvalue weighted by Crippen LogP contribution is -2.35. The molecule has 4 nitrogen and oxygen atoms in total. The normalized spacial score (nSPS) is 12.2. The van der Waals surface area contributed by atoms with Crippen LogP contribution in [0.2, 0.25) is 5.02 Å². The van der Waals surface area contributed by atoms with E-state index >= 15 is 0 Å². The van der Waals surface area contributed by atoms with Gasteiger partial charge in [0.1, 0.15) is 30.0 Å². The minimum absolute atomic E-state index is 0.247. The summed E-state index contributed by atoms with van der Waals surface area (Å²) in [5.41, 5.74) is 0. The number of hydrogen-bond acceptors (Lipinski definition) is 4. The predicted octanol–water partition coefficient (Wildman–Crippen LogP) is 3.87. The van der Waals surface area contributed by atoms with Gasteiger partial charge in [0, 0.05) is 17.6 Å². The number of rotatable bonds is 8. The van der Waals surface area contributed by atoms with Crippen LogP contribution in [-0.2, 0) is 0 Å². The van der Waals surface area contributed by atoms with E-state index in [9.17, 15) is 5.11 Å². The van der Waals surface area contributed by atoms with Crippen molar-refractivity contribution in [3.63, 3.8) is 0 Å². The summed E-state index contributed by atoms with van der Waals surface area (Å²) in [7, 11) is 0. The van der Waals surface area contributed by atoms with E-state index < -0.39 is 6.10 Å². The van der Waals surface area contributed by atoms with Crippen molar-refractivity contribution in [3.05, 3.63) is 53.6 Å². The quantitative estimate of drug-likeness (QED) is 0.769. The minimum atomic E-state index is -0.539. The van der Waals surface area contributed by atoms with E-state index in [1.165, 1.54) is 0 Å². The monoisotopic (exact) mass is 335 g/mol. The second kappa shape index (κ2) is 8.77. The van der Waals surface area contributed by atoms with E-state index in [0.717, 1.165) is 5.75 Å². The van der Waals surface area contributed by atoms with Crippen LogP contribution >= 0.6 is 11.6 Å². The fourth-order valence-corrected chi connectivity index (χ4v) is 1.99. The number of nitrogens with one attached hydrogen (secondary N) is 1. The van der Waals surface area contributed by atoms with Crippen LogP contribution in [0.25, 0.3) is 0 Å². The lowest BCUT2D eigenvalue weighted by Gasteiger charge is -2.15. The smallest absolute Gasteiger partial charge is 0.127 e. The Kier molecular flexibility index (Phi) is 6.71. The van der Waals surface area contributed by atoms with Crippen LogP contribution in [0.5, 0.6) is 17.2 Å². The summed E-state index contributed by atoms with van der Waals surface area (Å²) in [6.07, 6.45) is -0.539. The van der Waals surface area contributed by atoms with E-state index in [1.54, 1.807) is 12.1 Å². The van der Waals surface area contributed by atoms with Crippen molar-refractivity contribution in [2.45, 2.75) is 26.0 Å². The number of hydrogen-bond donors (Lipinski definition) is 2. The van der Waals surface area contributed by atoms with Gasteiger partial charge in [-0.05, 0) is 48.5 Å². The van der Waals surface area contributed by atoms with Crippen LogP contribution in [0.4, 0.5) is 0 Å². The van der Waals surface area contributed by atoms with Gasteiger partial charge in [-0.2, -0.15) is 0 Å². The molecule has 0 heterocycles. The fraction of sp³-hybridized carbons (Fsp3) is 0.333. The molecule has 0 saturated heterocycles. The Hall–Kier alpha value is -1.75. The Morgan fingerprint density at radius 3 is 2.04 bits per heavy atom. The Morgan fingerprint density at radius 2 is 1.48 bits per heavy atom. The van der Waals surface area contributed by atoms with Crippen LogP contribution < -0.4 is 14.8 Å². The number of benzene rings is 2. The zero-order chi connectivity index (χ0) is 16.7. The van der Waals surface area contributed by atoms with Crippen LogP contribution in [0, 0.1) is 0 Å². The summed E-state index contributed by atoms with van der Waals surface area (Å²) in [5, 5.41) is 13.6. The van der Waals surface area contributed by atoms with Crippen molar-refractivity contribution >= 4 is 11.6 Å². The molecule has 2 aromatic rings. The van der Waals surface area contributed by atoms with Gasteiger partial charge in [0.05, 0.1) is 0 Å². The van der Waals surface area contributed by atoms with Crippen LogP contribution in [0.1, 0.15) is 13.8 Å². The molecule has 1 atom stereocenters. The first-order valence-electron chi connectivity index (χ1n) is 7.60. The van der Waals surface area contributed by atoms with E-state index in [1.807, 2.05) is 50.2 Å². The zero-order valence-electron chi connectivity index (χ0n) is 13.3. The molecule has 0 bridgehead atoms. The summed E-state index contributed by atoms with van der Waals surface area (Å²) >= 11 is 5.84. The first-order chi connectivity index (χ1) is 11.0. The van der Waals surface area contributed by atoms with Crippen molar-refractivity contribution in [1.29, 1.82) is 0 Å². The van der Waals surface area contributed by atoms with Crippen molar-refractivity contribution in [1.82, 2.24) is 5.32 Å². The van der Waals surface area contributed by atoms with Gasteiger partial charge in [-0.15, -0.1) is 0 Å². The summed E-state index contributed by atoms with van der Waals surface area (Å²) in [6.45, 7) is 4.83. The summed E-state index contributed by atoms with van der Waals surface area (Å²) in [4.78, 5) is 0. The molecule has 2 N–H and O–H groups in total. The van der Waals surface area contributed by atoms with E-state index in [0.29, 0.717) is 29.1 Å². The highest BCUT2D eigenvalue weighted by Crippen LogP contribution is 2.25. The van der Waals surface area contributed by atoms with Crippen molar-refractivity contribution in [3.8, 4) is 17.2 Å². The molecule has 2 rings (SSSR count). The minimum Gasteiger partial charge on any atom is -0.491 e. The van der Waals surface area contributed by atoms with Crippen LogP contribution in [0.15, 0.2) is 48.5 Å². The Morgan fingerprint density at radius 1 is 0.957 bits per heavy atom. The lowest BCUT2D eigenvalue weighted by atomic mass is 10.3. The molecule has 2 aromatic carbocycles. The maximum Gasteiger partial charge on any atom is 0.127 e.